The van der Waals surface area contributed by atoms with Crippen molar-refractivity contribution in [2.75, 3.05) is 10.6 Å². The lowest BCUT2D eigenvalue weighted by Gasteiger charge is -2.09. The summed E-state index contributed by atoms with van der Waals surface area (Å²) in [7, 11) is 0. The molecule has 0 aliphatic carbocycles. The Morgan fingerprint density at radius 3 is 3.06 bits per heavy atom. The standard InChI is InChI=1S/C13H12ClN3O/c14-10-5-11-9(4-13(18)17-11)3-12(10)16-7-8-1-2-15-6-8/h1-3,5-6,15-16H,4,7H2,(H,17,18). The fourth-order valence-electron chi connectivity index (χ4n) is 2.05. The van der Waals surface area contributed by atoms with E-state index in [1.807, 2.05) is 24.5 Å². The van der Waals surface area contributed by atoms with Crippen LogP contribution in [0, 0.1) is 0 Å². The number of halogens is 1. The number of carbonyl (C=O) groups excluding carboxylic acids is 1. The van der Waals surface area contributed by atoms with E-state index in [0.717, 1.165) is 22.5 Å². The molecule has 5 heteroatoms. The van der Waals surface area contributed by atoms with Crippen LogP contribution in [0.5, 0.6) is 0 Å². The second-order valence-electron chi connectivity index (χ2n) is 4.29. The van der Waals surface area contributed by atoms with Gasteiger partial charge in [0, 0.05) is 24.6 Å². The Kier molecular flexibility index (Phi) is 2.72. The lowest BCUT2D eigenvalue weighted by Crippen LogP contribution is -2.03. The zero-order chi connectivity index (χ0) is 12.5. The van der Waals surface area contributed by atoms with Crippen LogP contribution < -0.4 is 10.6 Å². The molecular weight excluding hydrogens is 250 g/mol. The van der Waals surface area contributed by atoms with Crippen LogP contribution in [-0.2, 0) is 17.8 Å². The molecule has 2 aromatic rings. The van der Waals surface area contributed by atoms with Crippen molar-refractivity contribution in [3.05, 3.63) is 46.7 Å². The molecule has 18 heavy (non-hydrogen) atoms. The number of aromatic amines is 1. The number of carbonyl (C=O) groups is 1. The molecule has 0 radical (unpaired) electrons. The first-order valence-electron chi connectivity index (χ1n) is 5.70. The molecule has 1 aliphatic rings. The van der Waals surface area contributed by atoms with Gasteiger partial charge in [-0.05, 0) is 29.3 Å². The van der Waals surface area contributed by atoms with Crippen molar-refractivity contribution in [1.82, 2.24) is 4.98 Å². The van der Waals surface area contributed by atoms with Gasteiger partial charge in [0.15, 0.2) is 0 Å². The average Bonchev–Trinajstić information content (AvgIpc) is 2.94. The van der Waals surface area contributed by atoms with Crippen molar-refractivity contribution in [2.24, 2.45) is 0 Å². The summed E-state index contributed by atoms with van der Waals surface area (Å²) in [6.45, 7) is 0.698. The van der Waals surface area contributed by atoms with Crippen LogP contribution in [0.15, 0.2) is 30.6 Å². The number of benzene rings is 1. The minimum atomic E-state index is 0.0175. The third kappa shape index (κ3) is 2.07. The van der Waals surface area contributed by atoms with Crippen LogP contribution in [-0.4, -0.2) is 10.9 Å². The van der Waals surface area contributed by atoms with Gasteiger partial charge in [-0.25, -0.2) is 0 Å². The summed E-state index contributed by atoms with van der Waals surface area (Å²) in [5.74, 6) is 0.0175. The molecular formula is C13H12ClN3O. The zero-order valence-corrected chi connectivity index (χ0v) is 10.3. The van der Waals surface area contributed by atoms with Crippen LogP contribution in [0.4, 0.5) is 11.4 Å². The maximum Gasteiger partial charge on any atom is 0.228 e. The lowest BCUT2D eigenvalue weighted by molar-refractivity contribution is -0.115. The van der Waals surface area contributed by atoms with Gasteiger partial charge in [0.05, 0.1) is 17.1 Å². The fraction of sp³-hybridized carbons (Fsp3) is 0.154. The maximum atomic E-state index is 11.3. The van der Waals surface area contributed by atoms with Crippen molar-refractivity contribution in [3.63, 3.8) is 0 Å². The normalized spacial score (nSPS) is 13.3. The zero-order valence-electron chi connectivity index (χ0n) is 9.59. The fourth-order valence-corrected chi connectivity index (χ4v) is 2.28. The highest BCUT2D eigenvalue weighted by Crippen LogP contribution is 2.32. The molecule has 4 nitrogen and oxygen atoms in total. The van der Waals surface area contributed by atoms with Crippen molar-refractivity contribution < 1.29 is 4.79 Å². The van der Waals surface area contributed by atoms with E-state index >= 15 is 0 Å². The molecule has 0 saturated heterocycles. The highest BCUT2D eigenvalue weighted by molar-refractivity contribution is 6.33. The Bertz CT molecular complexity index is 593. The molecule has 0 saturated carbocycles. The number of hydrogen-bond donors (Lipinski definition) is 3. The predicted octanol–water partition coefficient (Wildman–Crippen LogP) is 2.77. The number of rotatable bonds is 3. The van der Waals surface area contributed by atoms with E-state index < -0.39 is 0 Å². The van der Waals surface area contributed by atoms with Crippen molar-refractivity contribution in [1.29, 1.82) is 0 Å². The van der Waals surface area contributed by atoms with E-state index in [1.165, 1.54) is 0 Å². The Balaban J connectivity index is 1.80. The predicted molar refractivity (Wildman–Crippen MR) is 71.9 cm³/mol. The second-order valence-corrected chi connectivity index (χ2v) is 4.69. The molecule has 1 aromatic carbocycles. The first-order chi connectivity index (χ1) is 8.72. The Hall–Kier alpha value is -1.94. The summed E-state index contributed by atoms with van der Waals surface area (Å²) in [6.07, 6.45) is 4.23. The van der Waals surface area contributed by atoms with Gasteiger partial charge in [0.25, 0.3) is 0 Å². The highest BCUT2D eigenvalue weighted by atomic mass is 35.5. The Labute approximate surface area is 109 Å². The third-order valence-corrected chi connectivity index (χ3v) is 3.28. The van der Waals surface area contributed by atoms with Gasteiger partial charge in [-0.3, -0.25) is 4.79 Å². The molecule has 2 heterocycles. The largest absolute Gasteiger partial charge is 0.380 e. The maximum absolute atomic E-state index is 11.3. The summed E-state index contributed by atoms with van der Waals surface area (Å²) >= 11 is 6.17. The number of anilines is 2. The van der Waals surface area contributed by atoms with E-state index in [2.05, 4.69) is 15.6 Å². The Morgan fingerprint density at radius 1 is 1.39 bits per heavy atom. The topological polar surface area (TPSA) is 56.9 Å². The van der Waals surface area contributed by atoms with Gasteiger partial charge in [0.2, 0.25) is 5.91 Å². The molecule has 0 spiro atoms. The summed E-state index contributed by atoms with van der Waals surface area (Å²) in [6, 6.07) is 5.73. The molecule has 1 aromatic heterocycles. The van der Waals surface area contributed by atoms with Crippen LogP contribution >= 0.6 is 11.6 Å². The van der Waals surface area contributed by atoms with Gasteiger partial charge < -0.3 is 15.6 Å². The van der Waals surface area contributed by atoms with Gasteiger partial charge in [-0.1, -0.05) is 11.6 Å². The second kappa shape index (κ2) is 4.38. The summed E-state index contributed by atoms with van der Waals surface area (Å²) in [4.78, 5) is 14.3. The molecule has 3 N–H and O–H groups in total. The number of nitrogens with one attached hydrogen (secondary N) is 3. The van der Waals surface area contributed by atoms with E-state index in [1.54, 1.807) is 6.07 Å². The van der Waals surface area contributed by atoms with Crippen LogP contribution in [0.2, 0.25) is 5.02 Å². The summed E-state index contributed by atoms with van der Waals surface area (Å²) < 4.78 is 0. The van der Waals surface area contributed by atoms with Crippen molar-refractivity contribution in [3.8, 4) is 0 Å². The van der Waals surface area contributed by atoms with Crippen LogP contribution in [0.25, 0.3) is 0 Å². The molecule has 1 amide bonds. The lowest BCUT2D eigenvalue weighted by atomic mass is 10.1. The molecule has 1 aliphatic heterocycles. The minimum Gasteiger partial charge on any atom is -0.380 e. The third-order valence-electron chi connectivity index (χ3n) is 2.96. The Morgan fingerprint density at radius 2 is 2.28 bits per heavy atom. The van der Waals surface area contributed by atoms with Gasteiger partial charge in [-0.15, -0.1) is 0 Å². The molecule has 0 bridgehead atoms. The molecule has 0 fully saturated rings. The number of hydrogen-bond acceptors (Lipinski definition) is 2. The van der Waals surface area contributed by atoms with Crippen LogP contribution in [0.3, 0.4) is 0 Å². The van der Waals surface area contributed by atoms with E-state index in [-0.39, 0.29) is 5.91 Å². The minimum absolute atomic E-state index is 0.0175. The number of aromatic nitrogens is 1. The highest BCUT2D eigenvalue weighted by Gasteiger charge is 2.19. The smallest absolute Gasteiger partial charge is 0.228 e. The average molecular weight is 262 g/mol. The quantitative estimate of drug-likeness (QED) is 0.796. The van der Waals surface area contributed by atoms with E-state index in [4.69, 9.17) is 11.6 Å². The number of fused-ring (bicyclic) bond motifs is 1. The van der Waals surface area contributed by atoms with Gasteiger partial charge in [-0.2, -0.15) is 0 Å². The van der Waals surface area contributed by atoms with Crippen molar-refractivity contribution in [2.45, 2.75) is 13.0 Å². The summed E-state index contributed by atoms with van der Waals surface area (Å²) in [5.41, 5.74) is 3.81. The van der Waals surface area contributed by atoms with Gasteiger partial charge in [0.1, 0.15) is 0 Å². The van der Waals surface area contributed by atoms with E-state index in [9.17, 15) is 4.79 Å². The molecule has 3 rings (SSSR count). The van der Waals surface area contributed by atoms with Crippen LogP contribution in [0.1, 0.15) is 11.1 Å². The first-order valence-corrected chi connectivity index (χ1v) is 6.08. The van der Waals surface area contributed by atoms with Gasteiger partial charge >= 0.3 is 0 Å². The van der Waals surface area contributed by atoms with Crippen molar-refractivity contribution >= 4 is 28.9 Å². The number of H-pyrrole nitrogens is 1. The summed E-state index contributed by atoms with van der Waals surface area (Å²) in [5, 5.41) is 6.66. The monoisotopic (exact) mass is 261 g/mol. The SMILES string of the molecule is O=C1Cc2cc(NCc3cc[nH]c3)c(Cl)cc2N1. The molecule has 0 unspecified atom stereocenters. The molecule has 0 atom stereocenters. The number of amides is 1. The first kappa shape index (κ1) is 11.2. The molecule has 92 valence electrons. The van der Waals surface area contributed by atoms with E-state index in [0.29, 0.717) is 18.0 Å².